The number of carbonyl (C=O) groups excluding carboxylic acids is 1. The van der Waals surface area contributed by atoms with Crippen molar-refractivity contribution in [1.29, 1.82) is 0 Å². The van der Waals surface area contributed by atoms with Crippen molar-refractivity contribution in [2.45, 2.75) is 19.8 Å². The molecule has 25 heavy (non-hydrogen) atoms. The first-order valence-corrected chi connectivity index (χ1v) is 9.12. The van der Waals surface area contributed by atoms with E-state index in [4.69, 9.17) is 0 Å². The lowest BCUT2D eigenvalue weighted by Gasteiger charge is -2.15. The van der Waals surface area contributed by atoms with E-state index < -0.39 is 5.82 Å². The number of halogens is 1. The van der Waals surface area contributed by atoms with E-state index in [9.17, 15) is 9.18 Å². The predicted molar refractivity (Wildman–Crippen MR) is 102 cm³/mol. The molecule has 1 aromatic carbocycles. The first-order chi connectivity index (χ1) is 12.1. The van der Waals surface area contributed by atoms with E-state index in [2.05, 4.69) is 44.7 Å². The minimum Gasteiger partial charge on any atom is -0.357 e. The summed E-state index contributed by atoms with van der Waals surface area (Å²) < 4.78 is 13.1. The lowest BCUT2D eigenvalue weighted by molar-refractivity contribution is -0.114. The van der Waals surface area contributed by atoms with Gasteiger partial charge in [0, 0.05) is 18.8 Å². The zero-order valence-electron chi connectivity index (χ0n) is 14.4. The molecule has 134 valence electrons. The van der Waals surface area contributed by atoms with Gasteiger partial charge in [-0.25, -0.2) is 9.38 Å². The second kappa shape index (κ2) is 9.78. The normalized spacial score (nSPS) is 12.5. The maximum atomic E-state index is 13.1. The number of nitrogens with zero attached hydrogens (tertiary/aromatic N) is 1. The molecule has 0 fully saturated rings. The van der Waals surface area contributed by atoms with Crippen molar-refractivity contribution in [1.82, 2.24) is 10.6 Å². The number of nitrogens with one attached hydrogen (secondary N) is 3. The van der Waals surface area contributed by atoms with E-state index in [1.807, 2.05) is 6.92 Å². The largest absolute Gasteiger partial charge is 0.357 e. The summed E-state index contributed by atoms with van der Waals surface area (Å²) in [7, 11) is 0. The fourth-order valence-electron chi connectivity index (χ4n) is 2.18. The Labute approximate surface area is 151 Å². The molecule has 1 unspecified atom stereocenters. The second-order valence-corrected chi connectivity index (χ2v) is 6.37. The average Bonchev–Trinajstić information content (AvgIpc) is 3.12. The van der Waals surface area contributed by atoms with Gasteiger partial charge in [-0.2, -0.15) is 11.3 Å². The van der Waals surface area contributed by atoms with Gasteiger partial charge in [0.05, 0.1) is 0 Å². The van der Waals surface area contributed by atoms with Crippen LogP contribution in [0.15, 0.2) is 46.1 Å². The van der Waals surface area contributed by atoms with Crippen LogP contribution >= 0.6 is 11.3 Å². The lowest BCUT2D eigenvalue weighted by atomic mass is 10.1. The highest BCUT2D eigenvalue weighted by Crippen LogP contribution is 2.16. The summed E-state index contributed by atoms with van der Waals surface area (Å²) >= 11 is 1.68. The van der Waals surface area contributed by atoms with Crippen LogP contribution in [-0.4, -0.2) is 31.5 Å². The molecule has 3 N–H and O–H groups in total. The van der Waals surface area contributed by atoms with Crippen LogP contribution in [0.3, 0.4) is 0 Å². The smallest absolute Gasteiger partial charge is 0.246 e. The third-order valence-electron chi connectivity index (χ3n) is 3.52. The molecule has 0 spiro atoms. The Hall–Kier alpha value is -2.41. The Morgan fingerprint density at radius 2 is 2.16 bits per heavy atom. The van der Waals surface area contributed by atoms with Crippen LogP contribution in [0.2, 0.25) is 0 Å². The quantitative estimate of drug-likeness (QED) is 0.523. The summed E-state index contributed by atoms with van der Waals surface area (Å²) in [4.78, 5) is 16.2. The molecule has 0 aliphatic heterocycles. The second-order valence-electron chi connectivity index (χ2n) is 5.59. The van der Waals surface area contributed by atoms with Gasteiger partial charge in [-0.1, -0.05) is 13.0 Å². The summed E-state index contributed by atoms with van der Waals surface area (Å²) in [6.45, 7) is 5.47. The monoisotopic (exact) mass is 362 g/mol. The molecule has 0 saturated carbocycles. The maximum Gasteiger partial charge on any atom is 0.246 e. The van der Waals surface area contributed by atoms with Crippen molar-refractivity contribution in [3.8, 4) is 0 Å². The van der Waals surface area contributed by atoms with Gasteiger partial charge < -0.3 is 16.0 Å². The fourth-order valence-corrected chi connectivity index (χ4v) is 2.96. The van der Waals surface area contributed by atoms with E-state index in [1.165, 1.54) is 17.7 Å². The topological polar surface area (TPSA) is 65.5 Å². The molecule has 1 aromatic heterocycles. The maximum absolute atomic E-state index is 13.1. The highest BCUT2D eigenvalue weighted by atomic mass is 32.1. The van der Waals surface area contributed by atoms with E-state index in [-0.39, 0.29) is 12.5 Å². The fraction of sp³-hybridized carbons (Fsp3) is 0.333. The molecular weight excluding hydrogens is 339 g/mol. The van der Waals surface area contributed by atoms with Gasteiger partial charge >= 0.3 is 0 Å². The predicted octanol–water partition coefficient (Wildman–Crippen LogP) is 3.18. The zero-order valence-corrected chi connectivity index (χ0v) is 15.2. The number of amides is 1. The van der Waals surface area contributed by atoms with Gasteiger partial charge in [-0.15, -0.1) is 0 Å². The zero-order chi connectivity index (χ0) is 18.1. The number of aliphatic imine (C=N–C) groups is 1. The Bertz CT molecular complexity index is 703. The summed E-state index contributed by atoms with van der Waals surface area (Å²) in [5.74, 6) is 0.239. The highest BCUT2D eigenvalue weighted by molar-refractivity contribution is 7.07. The molecule has 0 aliphatic rings. The van der Waals surface area contributed by atoms with E-state index in [1.54, 1.807) is 23.5 Å². The summed E-state index contributed by atoms with van der Waals surface area (Å²) in [6.07, 6.45) is 0. The van der Waals surface area contributed by atoms with Gasteiger partial charge in [0.15, 0.2) is 5.96 Å². The Morgan fingerprint density at radius 3 is 2.84 bits per heavy atom. The highest BCUT2D eigenvalue weighted by Gasteiger charge is 2.08. The average molecular weight is 362 g/mol. The Morgan fingerprint density at radius 1 is 1.32 bits per heavy atom. The van der Waals surface area contributed by atoms with Gasteiger partial charge in [-0.05, 0) is 53.4 Å². The van der Waals surface area contributed by atoms with Crippen LogP contribution in [0.1, 0.15) is 25.3 Å². The molecule has 0 aliphatic carbocycles. The molecule has 0 saturated heterocycles. The molecule has 5 nitrogen and oxygen atoms in total. The van der Waals surface area contributed by atoms with Crippen molar-refractivity contribution >= 4 is 28.9 Å². The summed E-state index contributed by atoms with van der Waals surface area (Å²) in [5.41, 5.74) is 1.70. The van der Waals surface area contributed by atoms with Crippen LogP contribution in [0.5, 0.6) is 0 Å². The third kappa shape index (κ3) is 6.54. The van der Waals surface area contributed by atoms with Gasteiger partial charge in [0.2, 0.25) is 5.91 Å². The number of benzene rings is 1. The van der Waals surface area contributed by atoms with Crippen molar-refractivity contribution in [3.63, 3.8) is 0 Å². The number of thiophene rings is 1. The van der Waals surface area contributed by atoms with Crippen molar-refractivity contribution in [3.05, 3.63) is 52.5 Å². The van der Waals surface area contributed by atoms with E-state index >= 15 is 0 Å². The molecule has 1 atom stereocenters. The van der Waals surface area contributed by atoms with Crippen molar-refractivity contribution in [2.75, 3.05) is 25.0 Å². The number of rotatable bonds is 7. The van der Waals surface area contributed by atoms with Gasteiger partial charge in [0.1, 0.15) is 12.4 Å². The van der Waals surface area contributed by atoms with Crippen LogP contribution in [0.4, 0.5) is 10.1 Å². The minimum atomic E-state index is -0.390. The standard InChI is InChI=1S/C18H23FN4OS/c1-3-20-18(21-10-13(2)14-7-8-25-12-14)22-11-17(24)23-16-6-4-5-15(19)9-16/h4-9,12-13H,3,10-11H2,1-2H3,(H,23,24)(H2,20,21,22). The number of guanidine groups is 1. The lowest BCUT2D eigenvalue weighted by Crippen LogP contribution is -2.39. The molecule has 7 heteroatoms. The van der Waals surface area contributed by atoms with Gasteiger partial charge in [-0.3, -0.25) is 4.79 Å². The Balaban J connectivity index is 1.86. The van der Waals surface area contributed by atoms with Crippen molar-refractivity contribution < 1.29 is 9.18 Å². The molecule has 1 amide bonds. The minimum absolute atomic E-state index is 0.0430. The van der Waals surface area contributed by atoms with E-state index in [0.717, 1.165) is 0 Å². The first kappa shape index (κ1) is 18.9. The first-order valence-electron chi connectivity index (χ1n) is 8.18. The number of hydrogen-bond donors (Lipinski definition) is 3. The summed E-state index contributed by atoms with van der Waals surface area (Å²) in [5, 5.41) is 13.2. The SMILES string of the molecule is CCNC(=NCC(=O)Nc1cccc(F)c1)NCC(C)c1ccsc1. The van der Waals surface area contributed by atoms with Crippen LogP contribution in [0.25, 0.3) is 0 Å². The molecule has 0 radical (unpaired) electrons. The molecular formula is C18H23FN4OS. The molecule has 2 aromatic rings. The molecule has 2 rings (SSSR count). The van der Waals surface area contributed by atoms with Crippen LogP contribution in [0, 0.1) is 5.82 Å². The van der Waals surface area contributed by atoms with Gasteiger partial charge in [0.25, 0.3) is 0 Å². The number of carbonyl (C=O) groups is 1. The summed E-state index contributed by atoms with van der Waals surface area (Å²) in [6, 6.07) is 7.89. The van der Waals surface area contributed by atoms with Crippen LogP contribution < -0.4 is 16.0 Å². The Kier molecular flexibility index (Phi) is 7.40. The van der Waals surface area contributed by atoms with Crippen molar-refractivity contribution in [2.24, 2.45) is 4.99 Å². The number of hydrogen-bond acceptors (Lipinski definition) is 3. The third-order valence-corrected chi connectivity index (χ3v) is 4.22. The molecule has 0 bridgehead atoms. The number of anilines is 1. The molecule has 1 heterocycles. The van der Waals surface area contributed by atoms with Crippen LogP contribution in [-0.2, 0) is 4.79 Å². The van der Waals surface area contributed by atoms with E-state index in [0.29, 0.717) is 30.7 Å².